The third-order valence-electron chi connectivity index (χ3n) is 4.77. The lowest BCUT2D eigenvalue weighted by Crippen LogP contribution is -2.26. The van der Waals surface area contributed by atoms with Crippen LogP contribution >= 0.6 is 0 Å². The molecular formula is C23H23N3O6. The Morgan fingerprint density at radius 1 is 0.938 bits per heavy atom. The van der Waals surface area contributed by atoms with Crippen LogP contribution in [0.2, 0.25) is 0 Å². The molecule has 0 saturated heterocycles. The number of aromatic nitrogens is 2. The minimum Gasteiger partial charge on any atom is -0.465 e. The molecule has 0 saturated carbocycles. The van der Waals surface area contributed by atoms with Crippen molar-refractivity contribution in [2.45, 2.75) is 13.8 Å². The number of benzene rings is 1. The quantitative estimate of drug-likeness (QED) is 0.502. The van der Waals surface area contributed by atoms with E-state index in [1.54, 1.807) is 66.0 Å². The van der Waals surface area contributed by atoms with E-state index in [2.05, 4.69) is 5.10 Å². The van der Waals surface area contributed by atoms with E-state index in [0.29, 0.717) is 22.6 Å². The minimum atomic E-state index is -0.687. The molecule has 2 aromatic rings. The molecule has 0 fully saturated rings. The Morgan fingerprint density at radius 2 is 1.59 bits per heavy atom. The number of anilines is 1. The maximum atomic E-state index is 12.5. The van der Waals surface area contributed by atoms with Gasteiger partial charge in [0, 0.05) is 11.9 Å². The molecule has 166 valence electrons. The summed E-state index contributed by atoms with van der Waals surface area (Å²) >= 11 is 0. The van der Waals surface area contributed by atoms with E-state index >= 15 is 0 Å². The van der Waals surface area contributed by atoms with Crippen LogP contribution in [-0.2, 0) is 23.8 Å². The molecule has 32 heavy (non-hydrogen) atoms. The molecule has 9 heteroatoms. The molecule has 1 aromatic heterocycles. The molecule has 1 aliphatic rings. The van der Waals surface area contributed by atoms with Crippen LogP contribution in [0, 0.1) is 6.92 Å². The van der Waals surface area contributed by atoms with Crippen LogP contribution in [0.3, 0.4) is 0 Å². The largest absolute Gasteiger partial charge is 0.465 e. The Labute approximate surface area is 185 Å². The highest BCUT2D eigenvalue weighted by molar-refractivity contribution is 6.05. The van der Waals surface area contributed by atoms with Crippen molar-refractivity contribution in [2.75, 3.05) is 25.7 Å². The van der Waals surface area contributed by atoms with E-state index in [1.165, 1.54) is 26.5 Å². The molecule has 9 nitrogen and oxygen atoms in total. The minimum absolute atomic E-state index is 0.0250. The van der Waals surface area contributed by atoms with Gasteiger partial charge >= 0.3 is 17.9 Å². The zero-order valence-corrected chi connectivity index (χ0v) is 18.2. The number of hydrogen-bond donors (Lipinski definition) is 0. The van der Waals surface area contributed by atoms with Gasteiger partial charge in [0.2, 0.25) is 0 Å². The topological polar surface area (TPSA) is 100.0 Å². The Hall–Kier alpha value is -4.14. The number of allylic oxidation sites excluding steroid dienone is 2. The van der Waals surface area contributed by atoms with Crippen LogP contribution in [-0.4, -0.2) is 48.5 Å². The normalized spacial score (nSPS) is 13.1. The highest BCUT2D eigenvalue weighted by Crippen LogP contribution is 2.27. The van der Waals surface area contributed by atoms with Gasteiger partial charge in [-0.05, 0) is 50.3 Å². The summed E-state index contributed by atoms with van der Waals surface area (Å²) in [5.41, 5.74) is 2.42. The summed E-state index contributed by atoms with van der Waals surface area (Å²) in [4.78, 5) is 38.4. The standard InChI is InChI=1S/C23H23N3O6/c1-5-32-22(28)19-14-24-26(15(19)2)17-11-9-16(10-12-17)25-13-7-6-8-18(21(27)30-3)20(25)23(29)31-4/h6-14H,5H2,1-4H3. The van der Waals surface area contributed by atoms with Crippen molar-refractivity contribution in [3.63, 3.8) is 0 Å². The van der Waals surface area contributed by atoms with Crippen molar-refractivity contribution in [1.82, 2.24) is 9.78 Å². The second-order valence-electron chi connectivity index (χ2n) is 6.61. The molecule has 0 spiro atoms. The van der Waals surface area contributed by atoms with Crippen molar-refractivity contribution in [1.29, 1.82) is 0 Å². The predicted octanol–water partition coefficient (Wildman–Crippen LogP) is 2.85. The molecule has 1 aliphatic heterocycles. The molecule has 0 atom stereocenters. The molecule has 0 aliphatic carbocycles. The molecular weight excluding hydrogens is 414 g/mol. The van der Waals surface area contributed by atoms with Gasteiger partial charge in [-0.3, -0.25) is 0 Å². The first kappa shape index (κ1) is 22.5. The molecule has 0 amide bonds. The molecule has 1 aromatic carbocycles. The van der Waals surface area contributed by atoms with E-state index in [0.717, 1.165) is 0 Å². The lowest BCUT2D eigenvalue weighted by atomic mass is 10.1. The van der Waals surface area contributed by atoms with E-state index in [-0.39, 0.29) is 17.9 Å². The molecule has 0 radical (unpaired) electrons. The molecule has 2 heterocycles. The van der Waals surface area contributed by atoms with E-state index in [4.69, 9.17) is 14.2 Å². The number of methoxy groups -OCH3 is 2. The van der Waals surface area contributed by atoms with Crippen LogP contribution in [0.15, 0.2) is 66.2 Å². The van der Waals surface area contributed by atoms with Gasteiger partial charge in [-0.25, -0.2) is 19.1 Å². The third kappa shape index (κ3) is 4.31. The van der Waals surface area contributed by atoms with Crippen molar-refractivity contribution in [3.05, 3.63) is 77.4 Å². The second-order valence-corrected chi connectivity index (χ2v) is 6.61. The Bertz CT molecular complexity index is 1130. The SMILES string of the molecule is CCOC(=O)c1cnn(-c2ccc(N3C=CC=CC(C(=O)OC)=C3C(=O)OC)cc2)c1C. The van der Waals surface area contributed by atoms with Gasteiger partial charge in [-0.2, -0.15) is 5.10 Å². The molecule has 3 rings (SSSR count). The number of ether oxygens (including phenoxy) is 3. The Morgan fingerprint density at radius 3 is 2.22 bits per heavy atom. The third-order valence-corrected chi connectivity index (χ3v) is 4.77. The van der Waals surface area contributed by atoms with Gasteiger partial charge in [0.1, 0.15) is 11.3 Å². The van der Waals surface area contributed by atoms with Crippen LogP contribution < -0.4 is 4.90 Å². The zero-order chi connectivity index (χ0) is 23.3. The summed E-state index contributed by atoms with van der Waals surface area (Å²) in [7, 11) is 2.48. The highest BCUT2D eigenvalue weighted by Gasteiger charge is 2.27. The van der Waals surface area contributed by atoms with Gasteiger partial charge in [0.25, 0.3) is 0 Å². The lowest BCUT2D eigenvalue weighted by molar-refractivity contribution is -0.139. The first-order valence-electron chi connectivity index (χ1n) is 9.80. The predicted molar refractivity (Wildman–Crippen MR) is 116 cm³/mol. The monoisotopic (exact) mass is 437 g/mol. The summed E-state index contributed by atoms with van der Waals surface area (Å²) in [5.74, 6) is -1.78. The summed E-state index contributed by atoms with van der Waals surface area (Å²) in [6, 6.07) is 7.08. The molecule has 0 unspecified atom stereocenters. The van der Waals surface area contributed by atoms with E-state index < -0.39 is 17.9 Å². The smallest absolute Gasteiger partial charge is 0.355 e. The first-order chi connectivity index (χ1) is 15.4. The lowest BCUT2D eigenvalue weighted by Gasteiger charge is -2.23. The Balaban J connectivity index is 2.00. The number of rotatable bonds is 6. The average Bonchev–Trinajstić information content (AvgIpc) is 3.05. The van der Waals surface area contributed by atoms with Crippen molar-refractivity contribution < 1.29 is 28.6 Å². The fourth-order valence-corrected chi connectivity index (χ4v) is 3.20. The Kier molecular flexibility index (Phi) is 6.89. The second kappa shape index (κ2) is 9.78. The summed E-state index contributed by atoms with van der Waals surface area (Å²) in [6.07, 6.45) is 7.92. The fraction of sp³-hybridized carbons (Fsp3) is 0.217. The van der Waals surface area contributed by atoms with Gasteiger partial charge in [0.15, 0.2) is 0 Å². The first-order valence-corrected chi connectivity index (χ1v) is 9.80. The molecule has 0 N–H and O–H groups in total. The average molecular weight is 437 g/mol. The number of nitrogens with zero attached hydrogens (tertiary/aromatic N) is 3. The summed E-state index contributed by atoms with van der Waals surface area (Å²) in [6.45, 7) is 3.79. The van der Waals surface area contributed by atoms with E-state index in [9.17, 15) is 14.4 Å². The number of carbonyl (C=O) groups is 3. The van der Waals surface area contributed by atoms with Gasteiger partial charge in [-0.1, -0.05) is 6.08 Å². The maximum Gasteiger partial charge on any atom is 0.355 e. The fourth-order valence-electron chi connectivity index (χ4n) is 3.20. The van der Waals surface area contributed by atoms with Crippen molar-refractivity contribution >= 4 is 23.6 Å². The number of carbonyl (C=O) groups excluding carboxylic acids is 3. The number of esters is 3. The number of hydrogen-bond acceptors (Lipinski definition) is 8. The van der Waals surface area contributed by atoms with Gasteiger partial charge in [-0.15, -0.1) is 0 Å². The van der Waals surface area contributed by atoms with Gasteiger partial charge in [0.05, 0.1) is 44.0 Å². The maximum absolute atomic E-state index is 12.5. The molecule has 0 bridgehead atoms. The van der Waals surface area contributed by atoms with Crippen LogP contribution in [0.5, 0.6) is 0 Å². The van der Waals surface area contributed by atoms with Crippen LogP contribution in [0.4, 0.5) is 5.69 Å². The van der Waals surface area contributed by atoms with Crippen molar-refractivity contribution in [2.24, 2.45) is 0 Å². The zero-order valence-electron chi connectivity index (χ0n) is 18.2. The van der Waals surface area contributed by atoms with Crippen molar-refractivity contribution in [3.8, 4) is 5.69 Å². The van der Waals surface area contributed by atoms with E-state index in [1.807, 2.05) is 0 Å². The summed E-state index contributed by atoms with van der Waals surface area (Å²) in [5, 5.41) is 4.28. The highest BCUT2D eigenvalue weighted by atomic mass is 16.5. The van der Waals surface area contributed by atoms with Crippen LogP contribution in [0.1, 0.15) is 23.0 Å². The van der Waals surface area contributed by atoms with Gasteiger partial charge < -0.3 is 19.1 Å². The summed E-state index contributed by atoms with van der Waals surface area (Å²) < 4.78 is 16.4. The van der Waals surface area contributed by atoms with Crippen LogP contribution in [0.25, 0.3) is 5.69 Å².